The molecule has 0 saturated heterocycles. The van der Waals surface area contributed by atoms with Crippen LogP contribution in [0.15, 0.2) is 36.4 Å². The Morgan fingerprint density at radius 3 is 2.18 bits per heavy atom. The third-order valence-electron chi connectivity index (χ3n) is 6.40. The fraction of sp³-hybridized carbons (Fsp3) is 0.500. The van der Waals surface area contributed by atoms with E-state index in [-0.39, 0.29) is 29.7 Å². The van der Waals surface area contributed by atoms with Gasteiger partial charge in [-0.3, -0.25) is 14.4 Å². The molecule has 1 aromatic carbocycles. The monoisotopic (exact) mass is 382 g/mol. The first-order valence-corrected chi connectivity index (χ1v) is 10.2. The van der Waals surface area contributed by atoms with Gasteiger partial charge in [-0.2, -0.15) is 0 Å². The van der Waals surface area contributed by atoms with E-state index in [9.17, 15) is 19.5 Å². The van der Waals surface area contributed by atoms with Gasteiger partial charge in [0.15, 0.2) is 0 Å². The van der Waals surface area contributed by atoms with Crippen LogP contribution in [0.1, 0.15) is 48.9 Å². The number of fused-ring (bicyclic) bond motifs is 2. The van der Waals surface area contributed by atoms with Crippen molar-refractivity contribution >= 4 is 23.5 Å². The first-order chi connectivity index (χ1) is 13.5. The summed E-state index contributed by atoms with van der Waals surface area (Å²) < 4.78 is 0. The summed E-state index contributed by atoms with van der Waals surface area (Å²) >= 11 is 0. The van der Waals surface area contributed by atoms with Gasteiger partial charge in [-0.15, -0.1) is 0 Å². The van der Waals surface area contributed by atoms with Gasteiger partial charge in [-0.1, -0.05) is 31.4 Å². The Morgan fingerprint density at radius 1 is 0.893 bits per heavy atom. The number of carbonyl (C=O) groups excluding carboxylic acids is 2. The average molecular weight is 382 g/mol. The summed E-state index contributed by atoms with van der Waals surface area (Å²) in [6.45, 7) is 0. The van der Waals surface area contributed by atoms with Crippen LogP contribution >= 0.6 is 0 Å². The number of carbonyl (C=O) groups is 3. The van der Waals surface area contributed by atoms with Crippen LogP contribution in [-0.4, -0.2) is 28.9 Å². The van der Waals surface area contributed by atoms with Crippen LogP contribution in [0.25, 0.3) is 0 Å². The van der Waals surface area contributed by atoms with Crippen molar-refractivity contribution in [1.82, 2.24) is 5.32 Å². The second-order valence-corrected chi connectivity index (χ2v) is 8.21. The number of amides is 2. The van der Waals surface area contributed by atoms with Gasteiger partial charge in [0.2, 0.25) is 5.91 Å². The summed E-state index contributed by atoms with van der Waals surface area (Å²) in [6.07, 6.45) is 10.2. The maximum absolute atomic E-state index is 12.7. The molecule has 6 heteroatoms. The lowest BCUT2D eigenvalue weighted by atomic mass is 9.82. The Labute approximate surface area is 164 Å². The molecule has 1 aromatic rings. The minimum Gasteiger partial charge on any atom is -0.481 e. The van der Waals surface area contributed by atoms with E-state index in [0.29, 0.717) is 11.3 Å². The van der Waals surface area contributed by atoms with E-state index < -0.39 is 17.8 Å². The molecule has 6 nitrogen and oxygen atoms in total. The molecule has 2 fully saturated rings. The molecule has 2 saturated carbocycles. The predicted octanol–water partition coefficient (Wildman–Crippen LogP) is 3.21. The molecule has 4 rings (SSSR count). The molecule has 0 unspecified atom stereocenters. The molecular weight excluding hydrogens is 356 g/mol. The molecule has 0 spiro atoms. The second-order valence-electron chi connectivity index (χ2n) is 8.21. The van der Waals surface area contributed by atoms with E-state index in [4.69, 9.17) is 0 Å². The molecular formula is C22H26N2O4. The molecule has 148 valence electrons. The Morgan fingerprint density at radius 2 is 1.54 bits per heavy atom. The number of carboxylic acid groups (broad SMARTS) is 1. The highest BCUT2D eigenvalue weighted by Crippen LogP contribution is 2.48. The SMILES string of the molecule is O=C(NC1CCCCC1)c1ccc(NC(=O)[C@@H]2[C@@H](C(=O)O)[C@H]3C=C[C@@H]2C3)cc1. The Kier molecular flexibility index (Phi) is 5.20. The van der Waals surface area contributed by atoms with E-state index in [2.05, 4.69) is 10.6 Å². The Bertz CT molecular complexity index is 795. The van der Waals surface area contributed by atoms with Crippen LogP contribution in [-0.2, 0) is 9.59 Å². The molecule has 0 heterocycles. The molecule has 4 atom stereocenters. The van der Waals surface area contributed by atoms with Gasteiger partial charge in [-0.25, -0.2) is 0 Å². The largest absolute Gasteiger partial charge is 0.481 e. The standard InChI is InChI=1S/C22H26N2O4/c25-20(23-16-4-2-1-3-5-16)13-8-10-17(11-9-13)24-21(26)18-14-6-7-15(12-14)19(18)22(27)28/h6-11,14-16,18-19H,1-5,12H2,(H,23,25)(H,24,26)(H,27,28)/t14-,15+,18+,19+/m1/s1. The Balaban J connectivity index is 1.37. The van der Waals surface area contributed by atoms with Crippen LogP contribution in [0.5, 0.6) is 0 Å². The normalized spacial score (nSPS) is 28.9. The van der Waals surface area contributed by atoms with Crippen molar-refractivity contribution in [3.8, 4) is 0 Å². The zero-order chi connectivity index (χ0) is 19.7. The number of benzene rings is 1. The third kappa shape index (κ3) is 3.68. The van der Waals surface area contributed by atoms with Crippen LogP contribution in [0.2, 0.25) is 0 Å². The van der Waals surface area contributed by atoms with Crippen LogP contribution < -0.4 is 10.6 Å². The van der Waals surface area contributed by atoms with Crippen molar-refractivity contribution in [3.63, 3.8) is 0 Å². The molecule has 0 aromatic heterocycles. The molecule has 0 aliphatic heterocycles. The lowest BCUT2D eigenvalue weighted by Gasteiger charge is -2.24. The van der Waals surface area contributed by atoms with Crippen molar-refractivity contribution in [3.05, 3.63) is 42.0 Å². The van der Waals surface area contributed by atoms with Crippen molar-refractivity contribution < 1.29 is 19.5 Å². The molecule has 2 amide bonds. The van der Waals surface area contributed by atoms with Gasteiger partial charge in [0.1, 0.15) is 0 Å². The van der Waals surface area contributed by atoms with Crippen LogP contribution in [0.4, 0.5) is 5.69 Å². The lowest BCUT2D eigenvalue weighted by Crippen LogP contribution is -2.36. The number of nitrogens with one attached hydrogen (secondary N) is 2. The molecule has 0 radical (unpaired) electrons. The number of carboxylic acids is 1. The van der Waals surface area contributed by atoms with E-state index in [1.807, 2.05) is 12.2 Å². The van der Waals surface area contributed by atoms with E-state index in [1.54, 1.807) is 24.3 Å². The zero-order valence-electron chi connectivity index (χ0n) is 15.8. The highest BCUT2D eigenvalue weighted by Gasteiger charge is 2.51. The van der Waals surface area contributed by atoms with Gasteiger partial charge in [0.05, 0.1) is 11.8 Å². The summed E-state index contributed by atoms with van der Waals surface area (Å²) in [6, 6.07) is 7.05. The quantitative estimate of drug-likeness (QED) is 0.682. The number of aliphatic carboxylic acids is 1. The number of allylic oxidation sites excluding steroid dienone is 2. The molecule has 3 N–H and O–H groups in total. The lowest BCUT2D eigenvalue weighted by molar-refractivity contribution is -0.146. The van der Waals surface area contributed by atoms with Crippen molar-refractivity contribution in [2.24, 2.45) is 23.7 Å². The maximum Gasteiger partial charge on any atom is 0.307 e. The van der Waals surface area contributed by atoms with E-state index in [0.717, 1.165) is 32.1 Å². The van der Waals surface area contributed by atoms with Gasteiger partial charge in [0.25, 0.3) is 5.91 Å². The van der Waals surface area contributed by atoms with Crippen LogP contribution in [0.3, 0.4) is 0 Å². The highest BCUT2D eigenvalue weighted by molar-refractivity contribution is 5.98. The van der Waals surface area contributed by atoms with Crippen molar-refractivity contribution in [2.45, 2.75) is 44.6 Å². The Hall–Kier alpha value is -2.63. The first kappa shape index (κ1) is 18.7. The van der Waals surface area contributed by atoms with Gasteiger partial charge in [0, 0.05) is 17.3 Å². The zero-order valence-corrected chi connectivity index (χ0v) is 15.8. The van der Waals surface area contributed by atoms with E-state index in [1.165, 1.54) is 6.42 Å². The van der Waals surface area contributed by atoms with E-state index >= 15 is 0 Å². The average Bonchev–Trinajstić information content (AvgIpc) is 3.31. The molecule has 3 aliphatic rings. The van der Waals surface area contributed by atoms with Gasteiger partial charge in [-0.05, 0) is 55.4 Å². The summed E-state index contributed by atoms with van der Waals surface area (Å²) in [5, 5.41) is 15.4. The second kappa shape index (κ2) is 7.78. The summed E-state index contributed by atoms with van der Waals surface area (Å²) in [5.74, 6) is -2.52. The fourth-order valence-corrected chi connectivity index (χ4v) is 4.96. The van der Waals surface area contributed by atoms with Crippen LogP contribution in [0, 0.1) is 23.7 Å². The number of rotatable bonds is 5. The fourth-order valence-electron chi connectivity index (χ4n) is 4.96. The first-order valence-electron chi connectivity index (χ1n) is 10.2. The topological polar surface area (TPSA) is 95.5 Å². The summed E-state index contributed by atoms with van der Waals surface area (Å²) in [7, 11) is 0. The maximum atomic E-state index is 12.7. The predicted molar refractivity (Wildman–Crippen MR) is 105 cm³/mol. The molecule has 3 aliphatic carbocycles. The molecule has 2 bridgehead atoms. The highest BCUT2D eigenvalue weighted by atomic mass is 16.4. The minimum absolute atomic E-state index is 0.00774. The number of hydrogen-bond acceptors (Lipinski definition) is 3. The summed E-state index contributed by atoms with van der Waals surface area (Å²) in [4.78, 5) is 36.7. The number of hydrogen-bond donors (Lipinski definition) is 3. The van der Waals surface area contributed by atoms with Crippen molar-refractivity contribution in [1.29, 1.82) is 0 Å². The smallest absolute Gasteiger partial charge is 0.307 e. The molecule has 28 heavy (non-hydrogen) atoms. The van der Waals surface area contributed by atoms with Gasteiger partial charge >= 0.3 is 5.97 Å². The third-order valence-corrected chi connectivity index (χ3v) is 6.40. The van der Waals surface area contributed by atoms with Crippen molar-refractivity contribution in [2.75, 3.05) is 5.32 Å². The number of anilines is 1. The van der Waals surface area contributed by atoms with Gasteiger partial charge < -0.3 is 15.7 Å². The minimum atomic E-state index is -0.910. The summed E-state index contributed by atoms with van der Waals surface area (Å²) in [5.41, 5.74) is 1.14.